The summed E-state index contributed by atoms with van der Waals surface area (Å²) in [5.74, 6) is 0.132. The number of carbonyl (C=O) groups is 1. The summed E-state index contributed by atoms with van der Waals surface area (Å²) in [5.41, 5.74) is 3.63. The van der Waals surface area contributed by atoms with Crippen molar-refractivity contribution in [2.45, 2.75) is 6.61 Å². The van der Waals surface area contributed by atoms with Crippen LogP contribution in [-0.2, 0) is 6.61 Å². The van der Waals surface area contributed by atoms with E-state index < -0.39 is 5.97 Å². The smallest absolute Gasteiger partial charge is 0.356 e. The minimum absolute atomic E-state index is 0.0937. The fraction of sp³-hybridized carbons (Fsp3) is 0.0385. The van der Waals surface area contributed by atoms with Gasteiger partial charge in [-0.2, -0.15) is 9.61 Å². The molecule has 8 heteroatoms. The standard InChI is InChI=1S/C26H19ClN4O3/c27-19-11-9-18(10-12-19)22-14-24(31-25(29-22)15-23(30-31)26(32)33)28-20-7-4-8-21(13-20)34-16-17-5-2-1-3-6-17/h1-15,28H,16H2,(H,32,33). The first-order valence-corrected chi connectivity index (χ1v) is 10.9. The number of nitrogens with one attached hydrogen (secondary N) is 1. The van der Waals surface area contributed by atoms with Gasteiger partial charge in [-0.1, -0.05) is 60.1 Å². The highest BCUT2D eigenvalue weighted by Gasteiger charge is 2.15. The maximum Gasteiger partial charge on any atom is 0.356 e. The van der Waals surface area contributed by atoms with Gasteiger partial charge < -0.3 is 15.2 Å². The van der Waals surface area contributed by atoms with E-state index in [0.717, 1.165) is 16.8 Å². The predicted octanol–water partition coefficient (Wildman–Crippen LogP) is 6.07. The molecule has 0 spiro atoms. The molecule has 0 saturated heterocycles. The number of nitrogens with zero attached hydrogens (tertiary/aromatic N) is 3. The summed E-state index contributed by atoms with van der Waals surface area (Å²) in [7, 11) is 0. The van der Waals surface area contributed by atoms with Gasteiger partial charge in [0.25, 0.3) is 0 Å². The van der Waals surface area contributed by atoms with Crippen LogP contribution < -0.4 is 10.1 Å². The Kier molecular flexibility index (Phi) is 5.84. The van der Waals surface area contributed by atoms with Gasteiger partial charge in [-0.05, 0) is 29.8 Å². The summed E-state index contributed by atoms with van der Waals surface area (Å²) < 4.78 is 7.41. The summed E-state index contributed by atoms with van der Waals surface area (Å²) in [6.07, 6.45) is 0. The Morgan fingerprint density at radius 3 is 2.53 bits per heavy atom. The zero-order chi connectivity index (χ0) is 23.5. The molecule has 0 atom stereocenters. The molecule has 0 amide bonds. The summed E-state index contributed by atoms with van der Waals surface area (Å²) >= 11 is 6.03. The van der Waals surface area contributed by atoms with Crippen molar-refractivity contribution in [1.82, 2.24) is 14.6 Å². The van der Waals surface area contributed by atoms with Crippen LogP contribution in [-0.4, -0.2) is 25.7 Å². The first-order chi connectivity index (χ1) is 16.5. The van der Waals surface area contributed by atoms with Gasteiger partial charge in [-0.3, -0.25) is 0 Å². The largest absolute Gasteiger partial charge is 0.489 e. The molecule has 2 N–H and O–H groups in total. The van der Waals surface area contributed by atoms with Gasteiger partial charge in [0.1, 0.15) is 18.2 Å². The highest BCUT2D eigenvalue weighted by Crippen LogP contribution is 2.27. The van der Waals surface area contributed by atoms with E-state index in [9.17, 15) is 9.90 Å². The van der Waals surface area contributed by atoms with Gasteiger partial charge >= 0.3 is 5.97 Å². The normalized spacial score (nSPS) is 10.9. The average molecular weight is 471 g/mol. The maximum absolute atomic E-state index is 11.5. The highest BCUT2D eigenvalue weighted by molar-refractivity contribution is 6.30. The number of hydrogen-bond acceptors (Lipinski definition) is 5. The molecule has 168 valence electrons. The Morgan fingerprint density at radius 2 is 1.76 bits per heavy atom. The van der Waals surface area contributed by atoms with Crippen LogP contribution in [0.1, 0.15) is 16.1 Å². The first kappa shape index (κ1) is 21.5. The van der Waals surface area contributed by atoms with Crippen molar-refractivity contribution in [3.05, 3.63) is 107 Å². The third-order valence-corrected chi connectivity index (χ3v) is 5.39. The van der Waals surface area contributed by atoms with Crippen LogP contribution in [0.25, 0.3) is 16.9 Å². The second-order valence-electron chi connectivity index (χ2n) is 7.57. The Labute approximate surface area is 200 Å². The summed E-state index contributed by atoms with van der Waals surface area (Å²) in [6, 6.07) is 28.0. The van der Waals surface area contributed by atoms with E-state index in [-0.39, 0.29) is 5.69 Å². The van der Waals surface area contributed by atoms with Gasteiger partial charge in [-0.25, -0.2) is 9.78 Å². The fourth-order valence-electron chi connectivity index (χ4n) is 3.49. The Bertz CT molecular complexity index is 1470. The van der Waals surface area contributed by atoms with Crippen molar-refractivity contribution in [2.75, 3.05) is 5.32 Å². The lowest BCUT2D eigenvalue weighted by Gasteiger charge is -2.12. The number of carboxylic acids is 1. The molecule has 3 aromatic carbocycles. The van der Waals surface area contributed by atoms with Crippen molar-refractivity contribution in [1.29, 1.82) is 0 Å². The van der Waals surface area contributed by atoms with E-state index in [2.05, 4.69) is 15.4 Å². The van der Waals surface area contributed by atoms with E-state index in [1.165, 1.54) is 10.6 Å². The average Bonchev–Trinajstić information content (AvgIpc) is 3.29. The maximum atomic E-state index is 11.5. The number of halogens is 1. The van der Waals surface area contributed by atoms with Crippen LogP contribution in [0.15, 0.2) is 91.0 Å². The van der Waals surface area contributed by atoms with Crippen molar-refractivity contribution < 1.29 is 14.6 Å². The molecule has 34 heavy (non-hydrogen) atoms. The second kappa shape index (κ2) is 9.25. The molecular weight excluding hydrogens is 452 g/mol. The van der Waals surface area contributed by atoms with Gasteiger partial charge in [-0.15, -0.1) is 0 Å². The van der Waals surface area contributed by atoms with Crippen molar-refractivity contribution in [3.63, 3.8) is 0 Å². The topological polar surface area (TPSA) is 88.8 Å². The summed E-state index contributed by atoms with van der Waals surface area (Å²) in [6.45, 7) is 0.450. The zero-order valence-electron chi connectivity index (χ0n) is 17.9. The molecule has 2 heterocycles. The minimum Gasteiger partial charge on any atom is -0.489 e. The van der Waals surface area contributed by atoms with Crippen LogP contribution in [0.5, 0.6) is 5.75 Å². The molecule has 0 unspecified atom stereocenters. The van der Waals surface area contributed by atoms with Crippen LogP contribution in [0, 0.1) is 0 Å². The van der Waals surface area contributed by atoms with E-state index >= 15 is 0 Å². The highest BCUT2D eigenvalue weighted by atomic mass is 35.5. The van der Waals surface area contributed by atoms with E-state index in [1.807, 2.05) is 72.8 Å². The van der Waals surface area contributed by atoms with Crippen LogP contribution in [0.2, 0.25) is 5.02 Å². The van der Waals surface area contributed by atoms with E-state index in [1.54, 1.807) is 12.1 Å². The number of aromatic nitrogens is 3. The summed E-state index contributed by atoms with van der Waals surface area (Å²) in [5, 5.41) is 17.6. The molecule has 5 rings (SSSR count). The predicted molar refractivity (Wildman–Crippen MR) is 131 cm³/mol. The zero-order valence-corrected chi connectivity index (χ0v) is 18.6. The number of ether oxygens (including phenoxy) is 1. The third kappa shape index (κ3) is 4.69. The second-order valence-corrected chi connectivity index (χ2v) is 8.00. The van der Waals surface area contributed by atoms with Crippen LogP contribution >= 0.6 is 11.6 Å². The van der Waals surface area contributed by atoms with Gasteiger partial charge in [0, 0.05) is 34.5 Å². The number of rotatable bonds is 7. The molecule has 2 aromatic heterocycles. The Balaban J connectivity index is 1.48. The van der Waals surface area contributed by atoms with Crippen LogP contribution in [0.3, 0.4) is 0 Å². The monoisotopic (exact) mass is 470 g/mol. The number of fused-ring (bicyclic) bond motifs is 1. The Morgan fingerprint density at radius 1 is 0.971 bits per heavy atom. The number of carboxylic acid groups (broad SMARTS) is 1. The molecule has 0 radical (unpaired) electrons. The first-order valence-electron chi connectivity index (χ1n) is 10.5. The lowest BCUT2D eigenvalue weighted by molar-refractivity contribution is 0.0690. The molecule has 0 aliphatic rings. The lowest BCUT2D eigenvalue weighted by atomic mass is 10.1. The molecule has 0 aliphatic carbocycles. The minimum atomic E-state index is -1.12. The molecule has 0 bridgehead atoms. The van der Waals surface area contributed by atoms with Gasteiger partial charge in [0.05, 0.1) is 5.69 Å². The number of aromatic carboxylic acids is 1. The molecular formula is C26H19ClN4O3. The third-order valence-electron chi connectivity index (χ3n) is 5.14. The Hall–Kier alpha value is -4.36. The molecule has 0 fully saturated rings. The summed E-state index contributed by atoms with van der Waals surface area (Å²) in [4.78, 5) is 16.1. The quantitative estimate of drug-likeness (QED) is 0.300. The SMILES string of the molecule is O=C(O)c1cc2nc(-c3ccc(Cl)cc3)cc(Nc3cccc(OCc4ccccc4)c3)n2n1. The van der Waals surface area contributed by atoms with E-state index in [4.69, 9.17) is 16.3 Å². The lowest BCUT2D eigenvalue weighted by Crippen LogP contribution is -2.04. The van der Waals surface area contributed by atoms with Crippen molar-refractivity contribution in [2.24, 2.45) is 0 Å². The van der Waals surface area contributed by atoms with Crippen LogP contribution in [0.4, 0.5) is 11.5 Å². The fourth-order valence-corrected chi connectivity index (χ4v) is 3.61. The number of benzene rings is 3. The molecule has 5 aromatic rings. The van der Waals surface area contributed by atoms with Crippen molar-refractivity contribution >= 4 is 34.7 Å². The van der Waals surface area contributed by atoms with Gasteiger partial charge in [0.2, 0.25) is 0 Å². The molecule has 0 saturated carbocycles. The van der Waals surface area contributed by atoms with Crippen molar-refractivity contribution in [3.8, 4) is 17.0 Å². The molecule has 0 aliphatic heterocycles. The number of hydrogen-bond donors (Lipinski definition) is 2. The van der Waals surface area contributed by atoms with E-state index in [0.29, 0.717) is 34.5 Å². The van der Waals surface area contributed by atoms with Gasteiger partial charge in [0.15, 0.2) is 11.3 Å². The number of anilines is 2. The molecule has 7 nitrogen and oxygen atoms in total.